The molecule has 0 amide bonds. The second-order valence-electron chi connectivity index (χ2n) is 6.12. The van der Waals surface area contributed by atoms with Crippen molar-refractivity contribution < 1.29 is 13.2 Å². The molecule has 0 unspecified atom stereocenters. The Bertz CT molecular complexity index is 788. The lowest BCUT2D eigenvalue weighted by Crippen LogP contribution is -2.37. The molecule has 2 aromatic carbocycles. The highest BCUT2D eigenvalue weighted by molar-refractivity contribution is 7.89. The molecule has 24 heavy (non-hydrogen) atoms. The first-order valence-corrected chi connectivity index (χ1v) is 9.87. The minimum absolute atomic E-state index is 0.202. The van der Waals surface area contributed by atoms with Crippen molar-refractivity contribution >= 4 is 10.0 Å². The molecule has 0 aliphatic carbocycles. The van der Waals surface area contributed by atoms with E-state index in [9.17, 15) is 8.42 Å². The van der Waals surface area contributed by atoms with Crippen LogP contribution in [-0.2, 0) is 29.4 Å². The van der Waals surface area contributed by atoms with Crippen LogP contribution in [0.15, 0.2) is 48.5 Å². The number of hydrogen-bond donors (Lipinski definition) is 0. The zero-order valence-electron chi connectivity index (χ0n) is 13.9. The summed E-state index contributed by atoms with van der Waals surface area (Å²) in [5.41, 5.74) is 3.45. The van der Waals surface area contributed by atoms with Gasteiger partial charge in [0.25, 0.3) is 0 Å². The van der Waals surface area contributed by atoms with Crippen LogP contribution in [0.2, 0.25) is 0 Å². The first-order valence-electron chi connectivity index (χ1n) is 8.26. The summed E-state index contributed by atoms with van der Waals surface area (Å²) in [5.74, 6) is 1.03. The van der Waals surface area contributed by atoms with E-state index in [0.29, 0.717) is 19.5 Å². The third-order valence-corrected chi connectivity index (χ3v) is 6.40. The molecule has 0 saturated carbocycles. The topological polar surface area (TPSA) is 46.6 Å². The number of aryl methyl sites for hydroxylation is 1. The monoisotopic (exact) mass is 345 g/mol. The van der Waals surface area contributed by atoms with E-state index in [2.05, 4.69) is 0 Å². The summed E-state index contributed by atoms with van der Waals surface area (Å²) in [7, 11) is -1.56. The van der Waals surface area contributed by atoms with Gasteiger partial charge in [-0.2, -0.15) is 4.31 Å². The van der Waals surface area contributed by atoms with Crippen LogP contribution in [0.4, 0.5) is 0 Å². The summed E-state index contributed by atoms with van der Waals surface area (Å²) < 4.78 is 32.1. The number of nitrogens with zero attached hydrogens (tertiary/aromatic N) is 1. The lowest BCUT2D eigenvalue weighted by Gasteiger charge is -2.28. The van der Waals surface area contributed by atoms with Gasteiger partial charge in [-0.15, -0.1) is 0 Å². The zero-order chi connectivity index (χ0) is 17.0. The van der Waals surface area contributed by atoms with Gasteiger partial charge in [0.05, 0.1) is 12.9 Å². The average Bonchev–Trinajstić information content (AvgIpc) is 2.61. The largest absolute Gasteiger partial charge is 0.497 e. The second kappa shape index (κ2) is 7.36. The number of fused-ring (bicyclic) bond motifs is 1. The smallest absolute Gasteiger partial charge is 0.214 e. The number of rotatable bonds is 6. The van der Waals surface area contributed by atoms with E-state index >= 15 is 0 Å². The molecule has 0 spiro atoms. The predicted octanol–water partition coefficient (Wildman–Crippen LogP) is 3.02. The molecule has 0 atom stereocenters. The van der Waals surface area contributed by atoms with Gasteiger partial charge in [0.1, 0.15) is 5.75 Å². The summed E-state index contributed by atoms with van der Waals surface area (Å²) in [4.78, 5) is 0. The molecule has 0 radical (unpaired) electrons. The molecule has 4 nitrogen and oxygen atoms in total. The van der Waals surface area contributed by atoms with E-state index in [4.69, 9.17) is 4.74 Å². The van der Waals surface area contributed by atoms with E-state index in [-0.39, 0.29) is 5.75 Å². The SMILES string of the molecule is COc1ccc2c(c1)CCN(S(=O)(=O)CCCc1ccccc1)C2. The Balaban J connectivity index is 1.61. The highest BCUT2D eigenvalue weighted by atomic mass is 32.2. The molecular weight excluding hydrogens is 322 g/mol. The lowest BCUT2D eigenvalue weighted by molar-refractivity contribution is 0.386. The fraction of sp³-hybridized carbons (Fsp3) is 0.368. The molecule has 3 rings (SSSR count). The Kier molecular flexibility index (Phi) is 5.21. The van der Waals surface area contributed by atoms with Gasteiger partial charge in [0, 0.05) is 13.1 Å². The normalized spacial score (nSPS) is 15.0. The van der Waals surface area contributed by atoms with Gasteiger partial charge in [-0.3, -0.25) is 0 Å². The third-order valence-electron chi connectivity index (χ3n) is 4.49. The summed E-state index contributed by atoms with van der Waals surface area (Å²) in [6, 6.07) is 15.9. The van der Waals surface area contributed by atoms with Crippen molar-refractivity contribution in [3.63, 3.8) is 0 Å². The third kappa shape index (κ3) is 3.97. The van der Waals surface area contributed by atoms with Crippen molar-refractivity contribution in [3.8, 4) is 5.75 Å². The van der Waals surface area contributed by atoms with Crippen molar-refractivity contribution in [1.82, 2.24) is 4.31 Å². The van der Waals surface area contributed by atoms with Crippen LogP contribution in [0.5, 0.6) is 5.75 Å². The van der Waals surface area contributed by atoms with Crippen LogP contribution in [0.1, 0.15) is 23.1 Å². The Labute approximate surface area is 144 Å². The van der Waals surface area contributed by atoms with E-state index in [1.165, 1.54) is 11.1 Å². The average molecular weight is 345 g/mol. The van der Waals surface area contributed by atoms with Gasteiger partial charge in [-0.05, 0) is 48.1 Å². The molecule has 1 aliphatic heterocycles. The number of ether oxygens (including phenoxy) is 1. The maximum atomic E-state index is 12.6. The molecule has 128 valence electrons. The maximum absolute atomic E-state index is 12.6. The molecule has 0 saturated heterocycles. The fourth-order valence-electron chi connectivity index (χ4n) is 3.10. The van der Waals surface area contributed by atoms with Crippen molar-refractivity contribution in [2.75, 3.05) is 19.4 Å². The van der Waals surface area contributed by atoms with Crippen LogP contribution < -0.4 is 4.74 Å². The van der Waals surface area contributed by atoms with Crippen LogP contribution in [0.3, 0.4) is 0 Å². The van der Waals surface area contributed by atoms with Gasteiger partial charge in [-0.1, -0.05) is 36.4 Å². The van der Waals surface area contributed by atoms with Crippen LogP contribution in [0.25, 0.3) is 0 Å². The number of methoxy groups -OCH3 is 1. The minimum Gasteiger partial charge on any atom is -0.497 e. The first-order chi connectivity index (χ1) is 11.6. The summed E-state index contributed by atoms with van der Waals surface area (Å²) in [6.07, 6.45) is 2.18. The van der Waals surface area contributed by atoms with E-state index in [0.717, 1.165) is 24.2 Å². The van der Waals surface area contributed by atoms with Crippen molar-refractivity contribution in [2.45, 2.75) is 25.8 Å². The van der Waals surface area contributed by atoms with Gasteiger partial charge in [0.15, 0.2) is 0 Å². The zero-order valence-corrected chi connectivity index (χ0v) is 14.8. The molecule has 0 aromatic heterocycles. The van der Waals surface area contributed by atoms with Crippen molar-refractivity contribution in [3.05, 3.63) is 65.2 Å². The number of hydrogen-bond acceptors (Lipinski definition) is 3. The molecule has 2 aromatic rings. The predicted molar refractivity (Wildman–Crippen MR) is 95.7 cm³/mol. The number of sulfonamides is 1. The van der Waals surface area contributed by atoms with Crippen LogP contribution >= 0.6 is 0 Å². The summed E-state index contributed by atoms with van der Waals surface area (Å²) in [5, 5.41) is 0. The summed E-state index contributed by atoms with van der Waals surface area (Å²) >= 11 is 0. The highest BCUT2D eigenvalue weighted by Gasteiger charge is 2.26. The standard InChI is InChI=1S/C19H23NO3S/c1-23-19-10-9-18-15-20(12-11-17(18)14-19)24(21,22)13-5-8-16-6-3-2-4-7-16/h2-4,6-7,9-10,14H,5,8,11-13,15H2,1H3. The van der Waals surface area contributed by atoms with Gasteiger partial charge < -0.3 is 4.74 Å². The Morgan fingerprint density at radius 2 is 1.88 bits per heavy atom. The van der Waals surface area contributed by atoms with Crippen molar-refractivity contribution in [2.24, 2.45) is 0 Å². The molecule has 0 bridgehead atoms. The van der Waals surface area contributed by atoms with E-state index in [1.807, 2.05) is 48.5 Å². The van der Waals surface area contributed by atoms with Gasteiger partial charge >= 0.3 is 0 Å². The Morgan fingerprint density at radius 1 is 1.08 bits per heavy atom. The molecule has 1 heterocycles. The Hall–Kier alpha value is -1.85. The number of benzene rings is 2. The van der Waals surface area contributed by atoms with E-state index in [1.54, 1.807) is 11.4 Å². The van der Waals surface area contributed by atoms with Crippen molar-refractivity contribution in [1.29, 1.82) is 0 Å². The van der Waals surface area contributed by atoms with Gasteiger partial charge in [0.2, 0.25) is 10.0 Å². The molecule has 1 aliphatic rings. The highest BCUT2D eigenvalue weighted by Crippen LogP contribution is 2.25. The first kappa shape index (κ1) is 17.0. The van der Waals surface area contributed by atoms with Crippen LogP contribution in [-0.4, -0.2) is 32.1 Å². The lowest BCUT2D eigenvalue weighted by atomic mass is 10.0. The minimum atomic E-state index is -3.21. The Morgan fingerprint density at radius 3 is 2.62 bits per heavy atom. The second-order valence-corrected chi connectivity index (χ2v) is 8.21. The molecule has 0 fully saturated rings. The van der Waals surface area contributed by atoms with E-state index < -0.39 is 10.0 Å². The molecule has 5 heteroatoms. The molecule has 0 N–H and O–H groups in total. The summed E-state index contributed by atoms with van der Waals surface area (Å²) in [6.45, 7) is 1.01. The fourth-order valence-corrected chi connectivity index (χ4v) is 4.57. The van der Waals surface area contributed by atoms with Crippen LogP contribution in [0, 0.1) is 0 Å². The quantitative estimate of drug-likeness (QED) is 0.808. The molecular formula is C19H23NO3S. The van der Waals surface area contributed by atoms with Gasteiger partial charge in [-0.25, -0.2) is 8.42 Å². The maximum Gasteiger partial charge on any atom is 0.214 e.